The van der Waals surface area contributed by atoms with Crippen LogP contribution in [0.1, 0.15) is 32.6 Å². The Kier molecular flexibility index (Phi) is 5.69. The molecule has 1 amide bonds. The van der Waals surface area contributed by atoms with Gasteiger partial charge in [-0.1, -0.05) is 33.7 Å². The van der Waals surface area contributed by atoms with Gasteiger partial charge >= 0.3 is 0 Å². The molecule has 0 aromatic carbocycles. The number of carbonyl (C=O) groups excluding carboxylic acids is 1. The number of carbonyl (C=O) groups is 1. The molecular weight excluding hydrogens is 380 g/mol. The van der Waals surface area contributed by atoms with E-state index >= 15 is 0 Å². The highest BCUT2D eigenvalue weighted by Crippen LogP contribution is 2.29. The van der Waals surface area contributed by atoms with Gasteiger partial charge in [0.15, 0.2) is 0 Å². The Labute approximate surface area is 136 Å². The van der Waals surface area contributed by atoms with Gasteiger partial charge in [0.05, 0.1) is 0 Å². The van der Waals surface area contributed by atoms with Crippen molar-refractivity contribution in [2.24, 2.45) is 5.92 Å². The zero-order chi connectivity index (χ0) is 15.5. The summed E-state index contributed by atoms with van der Waals surface area (Å²) in [5, 5.41) is 9.85. The Morgan fingerprint density at radius 1 is 1.43 bits per heavy atom. The van der Waals surface area contributed by atoms with Crippen LogP contribution in [0.15, 0.2) is 4.34 Å². The molecule has 7 nitrogen and oxygen atoms in total. The van der Waals surface area contributed by atoms with Crippen LogP contribution in [-0.2, 0) is 14.8 Å². The normalized spacial score (nSPS) is 23.0. The number of nitrogens with one attached hydrogen (secondary N) is 2. The first-order chi connectivity index (χ1) is 9.87. The van der Waals surface area contributed by atoms with Gasteiger partial charge in [0.1, 0.15) is 0 Å². The van der Waals surface area contributed by atoms with E-state index < -0.39 is 10.0 Å². The molecule has 0 aliphatic heterocycles. The van der Waals surface area contributed by atoms with E-state index in [0.717, 1.165) is 37.0 Å². The highest BCUT2D eigenvalue weighted by Gasteiger charge is 2.24. The molecule has 10 heteroatoms. The van der Waals surface area contributed by atoms with Crippen LogP contribution >= 0.6 is 27.3 Å². The van der Waals surface area contributed by atoms with Crippen LogP contribution in [0.4, 0.5) is 5.13 Å². The lowest BCUT2D eigenvalue weighted by Crippen LogP contribution is -2.32. The summed E-state index contributed by atoms with van der Waals surface area (Å²) in [6.07, 6.45) is 4.24. The molecule has 1 heterocycles. The van der Waals surface area contributed by atoms with E-state index in [0.29, 0.717) is 17.3 Å². The predicted molar refractivity (Wildman–Crippen MR) is 84.1 cm³/mol. The number of rotatable bonds is 5. The first-order valence-corrected chi connectivity index (χ1v) is 9.83. The van der Waals surface area contributed by atoms with Crippen molar-refractivity contribution < 1.29 is 13.2 Å². The number of hydrogen-bond donors (Lipinski definition) is 2. The Balaban J connectivity index is 1.94. The van der Waals surface area contributed by atoms with Crippen molar-refractivity contribution in [2.45, 2.75) is 41.8 Å². The third kappa shape index (κ3) is 4.97. The number of alkyl halides is 1. The average Bonchev–Trinajstić information content (AvgIpc) is 2.85. The molecule has 1 aliphatic carbocycles. The molecule has 0 spiro atoms. The van der Waals surface area contributed by atoms with Gasteiger partial charge in [-0.3, -0.25) is 4.79 Å². The molecule has 1 fully saturated rings. The summed E-state index contributed by atoms with van der Waals surface area (Å²) in [5.74, 6) is 0.0225. The lowest BCUT2D eigenvalue weighted by Gasteiger charge is -2.25. The fourth-order valence-corrected chi connectivity index (χ4v) is 5.17. The summed E-state index contributed by atoms with van der Waals surface area (Å²) in [6, 6.07) is 0. The molecule has 2 atom stereocenters. The second-order valence-electron chi connectivity index (χ2n) is 5.04. The Morgan fingerprint density at radius 3 is 2.86 bits per heavy atom. The van der Waals surface area contributed by atoms with E-state index in [1.807, 2.05) is 0 Å². The SMILES string of the molecule is CC(=O)Nc1nnc(S(=O)(=O)NCC2CCCC(Br)C2)s1. The van der Waals surface area contributed by atoms with Crippen LogP contribution in [0.3, 0.4) is 0 Å². The second-order valence-corrected chi connectivity index (χ2v) is 9.25. The van der Waals surface area contributed by atoms with Crippen LogP contribution in [0.5, 0.6) is 0 Å². The van der Waals surface area contributed by atoms with Gasteiger partial charge in [0.25, 0.3) is 10.0 Å². The molecule has 21 heavy (non-hydrogen) atoms. The molecule has 0 radical (unpaired) electrons. The monoisotopic (exact) mass is 396 g/mol. The van der Waals surface area contributed by atoms with Crippen molar-refractivity contribution in [1.29, 1.82) is 0 Å². The van der Waals surface area contributed by atoms with Gasteiger partial charge in [-0.25, -0.2) is 13.1 Å². The van der Waals surface area contributed by atoms with E-state index in [1.165, 1.54) is 6.92 Å². The van der Waals surface area contributed by atoms with Gasteiger partial charge in [0, 0.05) is 18.3 Å². The van der Waals surface area contributed by atoms with Gasteiger partial charge in [-0.2, -0.15) is 0 Å². The van der Waals surface area contributed by atoms with E-state index in [9.17, 15) is 13.2 Å². The lowest BCUT2D eigenvalue weighted by molar-refractivity contribution is -0.114. The Bertz CT molecular complexity index is 604. The van der Waals surface area contributed by atoms with Gasteiger partial charge in [0.2, 0.25) is 15.4 Å². The summed E-state index contributed by atoms with van der Waals surface area (Å²) in [7, 11) is -3.66. The van der Waals surface area contributed by atoms with Crippen molar-refractivity contribution in [2.75, 3.05) is 11.9 Å². The second kappa shape index (κ2) is 7.12. The average molecular weight is 397 g/mol. The molecule has 0 bridgehead atoms. The van der Waals surface area contributed by atoms with Crippen molar-refractivity contribution >= 4 is 48.3 Å². The Hall–Kier alpha value is -0.580. The summed E-state index contributed by atoms with van der Waals surface area (Å²) in [4.78, 5) is 11.4. The fourth-order valence-electron chi connectivity index (χ4n) is 2.22. The quantitative estimate of drug-likeness (QED) is 0.582. The summed E-state index contributed by atoms with van der Waals surface area (Å²) in [5.41, 5.74) is 0. The van der Waals surface area contributed by atoms with Crippen LogP contribution in [0, 0.1) is 5.92 Å². The minimum Gasteiger partial charge on any atom is -0.301 e. The minimum atomic E-state index is -3.66. The van der Waals surface area contributed by atoms with E-state index in [1.54, 1.807) is 0 Å². The predicted octanol–water partition coefficient (Wildman–Crippen LogP) is 1.73. The van der Waals surface area contributed by atoms with Crippen molar-refractivity contribution in [1.82, 2.24) is 14.9 Å². The summed E-state index contributed by atoms with van der Waals surface area (Å²) < 4.78 is 26.7. The third-order valence-electron chi connectivity index (χ3n) is 3.20. The number of amides is 1. The minimum absolute atomic E-state index is 0.127. The van der Waals surface area contributed by atoms with Crippen molar-refractivity contribution in [3.8, 4) is 0 Å². The van der Waals surface area contributed by atoms with Gasteiger partial charge < -0.3 is 5.32 Å². The Morgan fingerprint density at radius 2 is 2.19 bits per heavy atom. The lowest BCUT2D eigenvalue weighted by atomic mass is 9.89. The number of halogens is 1. The van der Waals surface area contributed by atoms with Crippen LogP contribution in [0.25, 0.3) is 0 Å². The van der Waals surface area contributed by atoms with Crippen LogP contribution in [-0.4, -0.2) is 35.9 Å². The third-order valence-corrected chi connectivity index (χ3v) is 6.66. The van der Waals surface area contributed by atoms with Crippen molar-refractivity contribution in [3.05, 3.63) is 0 Å². The van der Waals surface area contributed by atoms with Crippen molar-refractivity contribution in [3.63, 3.8) is 0 Å². The molecule has 0 saturated heterocycles. The highest BCUT2D eigenvalue weighted by atomic mass is 79.9. The van der Waals surface area contributed by atoms with E-state index in [-0.39, 0.29) is 15.4 Å². The molecule has 2 unspecified atom stereocenters. The maximum atomic E-state index is 12.1. The number of aromatic nitrogens is 2. The smallest absolute Gasteiger partial charge is 0.269 e. The highest BCUT2D eigenvalue weighted by molar-refractivity contribution is 9.09. The molecule has 1 aliphatic rings. The van der Waals surface area contributed by atoms with Crippen LogP contribution < -0.4 is 10.0 Å². The molecular formula is C11H17BrN4O3S2. The molecule has 1 aromatic rings. The number of sulfonamides is 1. The molecule has 118 valence electrons. The molecule has 2 rings (SSSR count). The summed E-state index contributed by atoms with van der Waals surface area (Å²) in [6.45, 7) is 1.73. The topological polar surface area (TPSA) is 101 Å². The zero-order valence-corrected chi connectivity index (χ0v) is 14.7. The van der Waals surface area contributed by atoms with Crippen LogP contribution in [0.2, 0.25) is 0 Å². The maximum absolute atomic E-state index is 12.1. The van der Waals surface area contributed by atoms with Gasteiger partial charge in [-0.05, 0) is 25.2 Å². The summed E-state index contributed by atoms with van der Waals surface area (Å²) >= 11 is 4.42. The molecule has 1 saturated carbocycles. The largest absolute Gasteiger partial charge is 0.301 e. The standard InChI is InChI=1S/C11H17BrN4O3S2/c1-7(17)14-10-15-16-11(20-10)21(18,19)13-6-8-3-2-4-9(12)5-8/h8-9,13H,2-6H2,1H3,(H,14,15,17). The number of anilines is 1. The zero-order valence-electron chi connectivity index (χ0n) is 11.5. The fraction of sp³-hybridized carbons (Fsp3) is 0.727. The van der Waals surface area contributed by atoms with E-state index in [2.05, 4.69) is 36.2 Å². The number of hydrogen-bond acceptors (Lipinski definition) is 6. The number of nitrogens with zero attached hydrogens (tertiary/aromatic N) is 2. The van der Waals surface area contributed by atoms with E-state index in [4.69, 9.17) is 0 Å². The first kappa shape index (κ1) is 16.8. The maximum Gasteiger partial charge on any atom is 0.269 e. The van der Waals surface area contributed by atoms with Gasteiger partial charge in [-0.15, -0.1) is 10.2 Å². The first-order valence-electron chi connectivity index (χ1n) is 6.61. The molecule has 2 N–H and O–H groups in total. The molecule has 1 aromatic heterocycles.